The van der Waals surface area contributed by atoms with Gasteiger partial charge in [-0.1, -0.05) is 6.07 Å². The second-order valence-electron chi connectivity index (χ2n) is 5.32. The largest absolute Gasteiger partial charge is 0.486 e. The third-order valence-corrected chi connectivity index (χ3v) is 3.42. The number of carbonyl (C=O) groups excluding carboxylic acids is 2. The van der Waals surface area contributed by atoms with Crippen molar-refractivity contribution in [1.82, 2.24) is 0 Å². The van der Waals surface area contributed by atoms with Crippen LogP contribution in [0.25, 0.3) is 0 Å². The van der Waals surface area contributed by atoms with Gasteiger partial charge < -0.3 is 20.1 Å². The van der Waals surface area contributed by atoms with Crippen LogP contribution in [-0.4, -0.2) is 25.0 Å². The number of benzene rings is 2. The molecule has 7 heteroatoms. The molecule has 0 saturated heterocycles. The molecule has 2 aromatic carbocycles. The van der Waals surface area contributed by atoms with Gasteiger partial charge in [-0.2, -0.15) is 5.26 Å². The molecular formula is C18H15N3O4. The first-order valence-corrected chi connectivity index (χ1v) is 7.63. The first kappa shape index (κ1) is 16.3. The number of amides is 2. The Morgan fingerprint density at radius 3 is 2.36 bits per heavy atom. The van der Waals surface area contributed by atoms with Crippen LogP contribution < -0.4 is 20.1 Å². The highest BCUT2D eigenvalue weighted by molar-refractivity contribution is 6.08. The highest BCUT2D eigenvalue weighted by atomic mass is 16.6. The molecular weight excluding hydrogens is 322 g/mol. The Kier molecular flexibility index (Phi) is 4.81. The minimum Gasteiger partial charge on any atom is -0.486 e. The lowest BCUT2D eigenvalue weighted by Gasteiger charge is -2.19. The van der Waals surface area contributed by atoms with Gasteiger partial charge in [0.15, 0.2) is 11.5 Å². The number of nitriles is 1. The predicted octanol–water partition coefficient (Wildman–Crippen LogP) is 2.30. The lowest BCUT2D eigenvalue weighted by Crippen LogP contribution is -2.21. The molecule has 0 spiro atoms. The third kappa shape index (κ3) is 4.26. The Balaban J connectivity index is 1.57. The minimum atomic E-state index is -0.467. The highest BCUT2D eigenvalue weighted by Gasteiger charge is 2.14. The van der Waals surface area contributed by atoms with Gasteiger partial charge in [0.05, 0.1) is 11.6 Å². The maximum Gasteiger partial charge on any atom is 0.233 e. The summed E-state index contributed by atoms with van der Waals surface area (Å²) in [7, 11) is 0. The van der Waals surface area contributed by atoms with Crippen LogP contribution >= 0.6 is 0 Å². The lowest BCUT2D eigenvalue weighted by atomic mass is 10.2. The average Bonchev–Trinajstić information content (AvgIpc) is 2.61. The average molecular weight is 337 g/mol. The molecule has 1 aliphatic rings. The van der Waals surface area contributed by atoms with E-state index < -0.39 is 11.8 Å². The Morgan fingerprint density at radius 1 is 0.960 bits per heavy atom. The van der Waals surface area contributed by atoms with Crippen molar-refractivity contribution in [3.05, 3.63) is 48.0 Å². The summed E-state index contributed by atoms with van der Waals surface area (Å²) in [5.41, 5.74) is 1.42. The molecule has 25 heavy (non-hydrogen) atoms. The summed E-state index contributed by atoms with van der Waals surface area (Å²) in [5.74, 6) is 0.261. The molecule has 3 rings (SSSR count). The fraction of sp³-hybridized carbons (Fsp3) is 0.167. The molecule has 0 saturated carbocycles. The molecule has 0 atom stereocenters. The van der Waals surface area contributed by atoms with Gasteiger partial charge in [-0.25, -0.2) is 0 Å². The van der Waals surface area contributed by atoms with Gasteiger partial charge in [-0.15, -0.1) is 0 Å². The van der Waals surface area contributed by atoms with E-state index in [0.717, 1.165) is 0 Å². The molecule has 1 aliphatic heterocycles. The van der Waals surface area contributed by atoms with Gasteiger partial charge in [0.2, 0.25) is 11.8 Å². The summed E-state index contributed by atoms with van der Waals surface area (Å²) in [6.45, 7) is 0.945. The first-order chi connectivity index (χ1) is 12.1. The van der Waals surface area contributed by atoms with Gasteiger partial charge >= 0.3 is 0 Å². The van der Waals surface area contributed by atoms with Crippen LogP contribution in [0, 0.1) is 11.3 Å². The zero-order chi connectivity index (χ0) is 17.6. The molecule has 7 nitrogen and oxygen atoms in total. The number of hydrogen-bond donors (Lipinski definition) is 2. The van der Waals surface area contributed by atoms with Crippen molar-refractivity contribution in [3.63, 3.8) is 0 Å². The van der Waals surface area contributed by atoms with E-state index in [1.807, 2.05) is 6.07 Å². The Bertz CT molecular complexity index is 858. The number of rotatable bonds is 4. The monoisotopic (exact) mass is 337 g/mol. The zero-order valence-corrected chi connectivity index (χ0v) is 13.2. The Labute approximate surface area is 144 Å². The van der Waals surface area contributed by atoms with Crippen LogP contribution in [0.3, 0.4) is 0 Å². The van der Waals surface area contributed by atoms with E-state index in [1.165, 1.54) is 6.07 Å². The van der Waals surface area contributed by atoms with Crippen molar-refractivity contribution in [2.24, 2.45) is 0 Å². The van der Waals surface area contributed by atoms with E-state index in [1.54, 1.807) is 36.4 Å². The number of hydrogen-bond acceptors (Lipinski definition) is 5. The van der Waals surface area contributed by atoms with E-state index in [9.17, 15) is 9.59 Å². The lowest BCUT2D eigenvalue weighted by molar-refractivity contribution is -0.123. The van der Waals surface area contributed by atoms with Crippen molar-refractivity contribution in [2.45, 2.75) is 6.42 Å². The molecule has 0 aliphatic carbocycles. The minimum absolute atomic E-state index is 0.342. The number of carbonyl (C=O) groups is 2. The number of nitrogens with one attached hydrogen (secondary N) is 2. The molecule has 2 amide bonds. The second-order valence-corrected chi connectivity index (χ2v) is 5.32. The quantitative estimate of drug-likeness (QED) is 0.834. The molecule has 0 radical (unpaired) electrons. The van der Waals surface area contributed by atoms with Crippen molar-refractivity contribution >= 4 is 23.2 Å². The second kappa shape index (κ2) is 7.36. The molecule has 1 heterocycles. The normalized spacial score (nSPS) is 12.0. The summed E-state index contributed by atoms with van der Waals surface area (Å²) in [4.78, 5) is 24.0. The zero-order valence-electron chi connectivity index (χ0n) is 13.2. The van der Waals surface area contributed by atoms with E-state index >= 15 is 0 Å². The molecule has 126 valence electrons. The molecule has 0 bridgehead atoms. The van der Waals surface area contributed by atoms with E-state index in [4.69, 9.17) is 14.7 Å². The van der Waals surface area contributed by atoms with Gasteiger partial charge in [0, 0.05) is 17.4 Å². The standard InChI is InChI=1S/C18H15N3O4/c19-11-12-2-1-3-13(8-12)20-17(22)10-18(23)21-14-4-5-15-16(9-14)25-7-6-24-15/h1-5,8-9H,6-7,10H2,(H,20,22)(H,21,23). The maximum atomic E-state index is 12.0. The van der Waals surface area contributed by atoms with Crippen LogP contribution in [0.1, 0.15) is 12.0 Å². The van der Waals surface area contributed by atoms with Crippen LogP contribution in [-0.2, 0) is 9.59 Å². The summed E-state index contributed by atoms with van der Waals surface area (Å²) in [6.07, 6.45) is -0.342. The van der Waals surface area contributed by atoms with Gasteiger partial charge in [0.25, 0.3) is 0 Å². The van der Waals surface area contributed by atoms with Gasteiger partial charge in [0.1, 0.15) is 19.6 Å². The molecule has 0 unspecified atom stereocenters. The fourth-order valence-electron chi connectivity index (χ4n) is 2.34. The van der Waals surface area contributed by atoms with Crippen LogP contribution in [0.15, 0.2) is 42.5 Å². The third-order valence-electron chi connectivity index (χ3n) is 3.42. The summed E-state index contributed by atoms with van der Waals surface area (Å²) in [6, 6.07) is 13.5. The predicted molar refractivity (Wildman–Crippen MR) is 90.5 cm³/mol. The van der Waals surface area contributed by atoms with E-state index in [0.29, 0.717) is 41.7 Å². The van der Waals surface area contributed by atoms with Crippen molar-refractivity contribution in [2.75, 3.05) is 23.8 Å². The van der Waals surface area contributed by atoms with Crippen LogP contribution in [0.4, 0.5) is 11.4 Å². The SMILES string of the molecule is N#Cc1cccc(NC(=O)CC(=O)Nc2ccc3c(c2)OCCO3)c1. The fourth-order valence-corrected chi connectivity index (χ4v) is 2.34. The Hall–Kier alpha value is -3.53. The molecule has 2 N–H and O–H groups in total. The summed E-state index contributed by atoms with van der Waals surface area (Å²) in [5, 5.41) is 14.1. The number of fused-ring (bicyclic) bond motifs is 1. The van der Waals surface area contributed by atoms with Gasteiger partial charge in [-0.3, -0.25) is 9.59 Å². The van der Waals surface area contributed by atoms with E-state index in [-0.39, 0.29) is 6.42 Å². The van der Waals surface area contributed by atoms with Crippen molar-refractivity contribution in [3.8, 4) is 17.6 Å². The number of anilines is 2. The van der Waals surface area contributed by atoms with E-state index in [2.05, 4.69) is 10.6 Å². The maximum absolute atomic E-state index is 12.0. The van der Waals surface area contributed by atoms with Crippen molar-refractivity contribution < 1.29 is 19.1 Å². The van der Waals surface area contributed by atoms with Crippen LogP contribution in [0.5, 0.6) is 11.5 Å². The smallest absolute Gasteiger partial charge is 0.233 e. The molecule has 0 fully saturated rings. The topological polar surface area (TPSA) is 100 Å². The van der Waals surface area contributed by atoms with Gasteiger partial charge in [-0.05, 0) is 30.3 Å². The summed E-state index contributed by atoms with van der Waals surface area (Å²) >= 11 is 0. The first-order valence-electron chi connectivity index (χ1n) is 7.63. The summed E-state index contributed by atoms with van der Waals surface area (Å²) < 4.78 is 10.9. The molecule has 2 aromatic rings. The number of ether oxygens (including phenoxy) is 2. The van der Waals surface area contributed by atoms with Crippen molar-refractivity contribution in [1.29, 1.82) is 5.26 Å². The highest BCUT2D eigenvalue weighted by Crippen LogP contribution is 2.32. The Morgan fingerprint density at radius 2 is 1.64 bits per heavy atom. The number of nitrogens with zero attached hydrogens (tertiary/aromatic N) is 1. The van der Waals surface area contributed by atoms with Crippen LogP contribution in [0.2, 0.25) is 0 Å². The molecule has 0 aromatic heterocycles.